The minimum absolute atomic E-state index is 0.00318. The summed E-state index contributed by atoms with van der Waals surface area (Å²) in [6.45, 7) is 7.69. The van der Waals surface area contributed by atoms with E-state index in [1.165, 1.54) is 16.7 Å². The second-order valence-electron chi connectivity index (χ2n) is 10.8. The molecule has 4 nitrogen and oxygen atoms in total. The van der Waals surface area contributed by atoms with Crippen molar-refractivity contribution >= 4 is 12.0 Å². The summed E-state index contributed by atoms with van der Waals surface area (Å²) >= 11 is 0. The molecule has 5 rings (SSSR count). The Labute approximate surface area is 204 Å². The predicted octanol–water partition coefficient (Wildman–Crippen LogP) is 5.06. The van der Waals surface area contributed by atoms with Gasteiger partial charge in [0.25, 0.3) is 0 Å². The average molecular weight is 459 g/mol. The molecule has 1 unspecified atom stereocenters. The Morgan fingerprint density at radius 2 is 1.65 bits per heavy atom. The fourth-order valence-electron chi connectivity index (χ4n) is 6.16. The summed E-state index contributed by atoms with van der Waals surface area (Å²) in [4.78, 5) is 15.7. The molecule has 2 saturated heterocycles. The lowest BCUT2D eigenvalue weighted by Crippen LogP contribution is -2.45. The standard InChI is InChI=1S/C30H38N2O2/c1-24(20-25-8-4-2-5-9-25)22-32-16-12-29(13-17-32)21-27(29)28(33)31-23-30(14-18-34-19-15-30)26-10-6-3-7-11-26/h2-11,20,27H,12-19,21-23H2,1H3,(H,31,33)/b24-20+. The highest BCUT2D eigenvalue weighted by molar-refractivity contribution is 5.82. The van der Waals surface area contributed by atoms with Gasteiger partial charge in [0.1, 0.15) is 0 Å². The van der Waals surface area contributed by atoms with Gasteiger partial charge in [0.05, 0.1) is 0 Å². The normalized spacial score (nSPS) is 24.0. The Bertz CT molecular complexity index is 987. The highest BCUT2D eigenvalue weighted by Crippen LogP contribution is 2.59. The summed E-state index contributed by atoms with van der Waals surface area (Å²) in [6.07, 6.45) is 7.57. The van der Waals surface area contributed by atoms with Gasteiger partial charge in [-0.3, -0.25) is 9.69 Å². The minimum atomic E-state index is 0.00318. The highest BCUT2D eigenvalue weighted by atomic mass is 16.5. The van der Waals surface area contributed by atoms with Crippen molar-refractivity contribution in [3.05, 3.63) is 77.4 Å². The van der Waals surface area contributed by atoms with E-state index in [9.17, 15) is 4.79 Å². The molecular weight excluding hydrogens is 420 g/mol. The van der Waals surface area contributed by atoms with E-state index in [1.54, 1.807) is 0 Å². The van der Waals surface area contributed by atoms with E-state index in [1.807, 2.05) is 0 Å². The van der Waals surface area contributed by atoms with Crippen LogP contribution in [-0.4, -0.2) is 50.2 Å². The number of benzene rings is 2. The van der Waals surface area contributed by atoms with Crippen LogP contribution in [-0.2, 0) is 14.9 Å². The van der Waals surface area contributed by atoms with Gasteiger partial charge in [-0.25, -0.2) is 0 Å². The van der Waals surface area contributed by atoms with Crippen molar-refractivity contribution in [3.8, 4) is 0 Å². The SMILES string of the molecule is C/C(=C\c1ccccc1)CN1CCC2(CC1)CC2C(=O)NCC1(c2ccccc2)CCOCC1. The average Bonchev–Trinajstić information content (AvgIpc) is 3.59. The number of nitrogens with zero attached hydrogens (tertiary/aromatic N) is 1. The van der Waals surface area contributed by atoms with Gasteiger partial charge in [-0.05, 0) is 68.7 Å². The van der Waals surface area contributed by atoms with Crippen molar-refractivity contribution in [3.63, 3.8) is 0 Å². The number of rotatable bonds is 7. The van der Waals surface area contributed by atoms with Gasteiger partial charge in [0.15, 0.2) is 0 Å². The molecule has 2 aliphatic heterocycles. The third kappa shape index (κ3) is 5.13. The van der Waals surface area contributed by atoms with Crippen LogP contribution in [0.15, 0.2) is 66.2 Å². The van der Waals surface area contributed by atoms with Crippen LogP contribution in [0.5, 0.6) is 0 Å². The van der Waals surface area contributed by atoms with E-state index in [-0.39, 0.29) is 22.7 Å². The first kappa shape index (κ1) is 23.3. The van der Waals surface area contributed by atoms with E-state index in [2.05, 4.69) is 83.9 Å². The van der Waals surface area contributed by atoms with Gasteiger partial charge in [0.2, 0.25) is 5.91 Å². The molecule has 1 aliphatic carbocycles. The molecule has 3 aliphatic rings. The fourth-order valence-corrected chi connectivity index (χ4v) is 6.16. The lowest BCUT2D eigenvalue weighted by molar-refractivity contribution is -0.123. The molecule has 1 saturated carbocycles. The van der Waals surface area contributed by atoms with Crippen molar-refractivity contribution in [1.29, 1.82) is 0 Å². The molecule has 3 fully saturated rings. The quantitative estimate of drug-likeness (QED) is 0.631. The third-order valence-electron chi connectivity index (χ3n) is 8.48. The minimum Gasteiger partial charge on any atom is -0.381 e. The Morgan fingerprint density at radius 1 is 1.00 bits per heavy atom. The summed E-state index contributed by atoms with van der Waals surface area (Å²) in [6, 6.07) is 21.2. The first-order valence-corrected chi connectivity index (χ1v) is 12.9. The molecule has 0 radical (unpaired) electrons. The Morgan fingerprint density at radius 3 is 2.32 bits per heavy atom. The van der Waals surface area contributed by atoms with Crippen LogP contribution in [0.2, 0.25) is 0 Å². The van der Waals surface area contributed by atoms with Gasteiger partial charge in [-0.1, -0.05) is 72.3 Å². The Kier molecular flexibility index (Phi) is 6.89. The van der Waals surface area contributed by atoms with Crippen molar-refractivity contribution < 1.29 is 9.53 Å². The topological polar surface area (TPSA) is 41.6 Å². The second-order valence-corrected chi connectivity index (χ2v) is 10.8. The molecular formula is C30H38N2O2. The van der Waals surface area contributed by atoms with Crippen LogP contribution in [0.3, 0.4) is 0 Å². The number of nitrogens with one attached hydrogen (secondary N) is 1. The van der Waals surface area contributed by atoms with E-state index >= 15 is 0 Å². The molecule has 180 valence electrons. The van der Waals surface area contributed by atoms with E-state index in [4.69, 9.17) is 4.74 Å². The van der Waals surface area contributed by atoms with E-state index in [0.717, 1.165) is 71.5 Å². The molecule has 34 heavy (non-hydrogen) atoms. The second kappa shape index (κ2) is 10.1. The maximum Gasteiger partial charge on any atom is 0.223 e. The van der Waals surface area contributed by atoms with Crippen molar-refractivity contribution in [2.75, 3.05) is 39.4 Å². The van der Waals surface area contributed by atoms with Gasteiger partial charge in [0, 0.05) is 37.6 Å². The summed E-state index contributed by atoms with van der Waals surface area (Å²) in [5.41, 5.74) is 4.24. The number of piperidine rings is 1. The van der Waals surface area contributed by atoms with E-state index in [0.29, 0.717) is 0 Å². The molecule has 2 aromatic rings. The maximum atomic E-state index is 13.2. The van der Waals surface area contributed by atoms with Gasteiger partial charge >= 0.3 is 0 Å². The number of hydrogen-bond acceptors (Lipinski definition) is 3. The molecule has 0 bridgehead atoms. The summed E-state index contributed by atoms with van der Waals surface area (Å²) < 4.78 is 5.65. The zero-order valence-corrected chi connectivity index (χ0v) is 20.5. The summed E-state index contributed by atoms with van der Waals surface area (Å²) in [7, 11) is 0. The Balaban J connectivity index is 1.12. The first-order chi connectivity index (χ1) is 16.6. The number of ether oxygens (including phenoxy) is 1. The summed E-state index contributed by atoms with van der Waals surface area (Å²) in [5.74, 6) is 0.471. The molecule has 1 amide bonds. The molecule has 4 heteroatoms. The Hall–Kier alpha value is -2.43. The number of hydrogen-bond donors (Lipinski definition) is 1. The smallest absolute Gasteiger partial charge is 0.223 e. The molecule has 0 aromatic heterocycles. The van der Waals surface area contributed by atoms with E-state index < -0.39 is 0 Å². The fraction of sp³-hybridized carbons (Fsp3) is 0.500. The zero-order valence-electron chi connectivity index (χ0n) is 20.5. The van der Waals surface area contributed by atoms with Crippen LogP contribution in [0.1, 0.15) is 50.2 Å². The van der Waals surface area contributed by atoms with Crippen molar-refractivity contribution in [2.45, 2.75) is 44.4 Å². The first-order valence-electron chi connectivity index (χ1n) is 12.9. The lowest BCUT2D eigenvalue weighted by Gasteiger charge is -2.38. The van der Waals surface area contributed by atoms with Crippen LogP contribution >= 0.6 is 0 Å². The summed E-state index contributed by atoms with van der Waals surface area (Å²) in [5, 5.41) is 3.38. The molecule has 2 aromatic carbocycles. The number of likely N-dealkylation sites (tertiary alicyclic amines) is 1. The van der Waals surface area contributed by atoms with Gasteiger partial charge in [-0.2, -0.15) is 0 Å². The largest absolute Gasteiger partial charge is 0.381 e. The maximum absolute atomic E-state index is 13.2. The number of carbonyl (C=O) groups excluding carboxylic acids is 1. The lowest BCUT2D eigenvalue weighted by atomic mass is 9.74. The molecule has 1 N–H and O–H groups in total. The van der Waals surface area contributed by atoms with Crippen molar-refractivity contribution in [2.24, 2.45) is 11.3 Å². The van der Waals surface area contributed by atoms with Crippen LogP contribution in [0.25, 0.3) is 6.08 Å². The monoisotopic (exact) mass is 458 g/mol. The number of carbonyl (C=O) groups is 1. The third-order valence-corrected chi connectivity index (χ3v) is 8.48. The van der Waals surface area contributed by atoms with Crippen LogP contribution < -0.4 is 5.32 Å². The van der Waals surface area contributed by atoms with Gasteiger partial charge in [-0.15, -0.1) is 0 Å². The molecule has 2 heterocycles. The highest BCUT2D eigenvalue weighted by Gasteiger charge is 2.58. The predicted molar refractivity (Wildman–Crippen MR) is 137 cm³/mol. The number of amides is 1. The van der Waals surface area contributed by atoms with Crippen LogP contribution in [0, 0.1) is 11.3 Å². The molecule has 1 atom stereocenters. The zero-order chi connectivity index (χ0) is 23.4. The molecule has 1 spiro atoms. The van der Waals surface area contributed by atoms with Crippen molar-refractivity contribution in [1.82, 2.24) is 10.2 Å². The van der Waals surface area contributed by atoms with Crippen LogP contribution in [0.4, 0.5) is 0 Å². The van der Waals surface area contributed by atoms with Gasteiger partial charge < -0.3 is 10.1 Å².